The lowest BCUT2D eigenvalue weighted by atomic mass is 10.1. The molecule has 18 heavy (non-hydrogen) atoms. The van der Waals surface area contributed by atoms with Crippen LogP contribution in [0, 0.1) is 5.82 Å². The normalized spacial score (nSPS) is 10.1. The maximum absolute atomic E-state index is 12.9. The van der Waals surface area contributed by atoms with Crippen molar-refractivity contribution in [2.24, 2.45) is 0 Å². The van der Waals surface area contributed by atoms with Crippen molar-refractivity contribution in [1.82, 2.24) is 4.98 Å². The first-order valence-electron chi connectivity index (χ1n) is 5.32. The highest BCUT2D eigenvalue weighted by molar-refractivity contribution is 5.87. The van der Waals surface area contributed by atoms with Crippen molar-refractivity contribution in [2.45, 2.75) is 6.54 Å². The van der Waals surface area contributed by atoms with E-state index >= 15 is 0 Å². The van der Waals surface area contributed by atoms with Crippen LogP contribution in [0.2, 0.25) is 0 Å². The van der Waals surface area contributed by atoms with Crippen molar-refractivity contribution in [3.05, 3.63) is 59.7 Å². The monoisotopic (exact) mass is 246 g/mol. The minimum atomic E-state index is -0.955. The number of pyridine rings is 1. The standard InChI is InChI=1S/C13H11FN2O2/c14-11-5-12(8-15-7-11)16-6-9-1-3-10(4-2-9)13(17)18/h1-5,7-8,16H,6H2,(H,17,18). The molecule has 1 heterocycles. The van der Waals surface area contributed by atoms with E-state index in [2.05, 4.69) is 10.3 Å². The van der Waals surface area contributed by atoms with Crippen molar-refractivity contribution in [3.8, 4) is 0 Å². The van der Waals surface area contributed by atoms with Crippen LogP contribution in [-0.2, 0) is 6.54 Å². The van der Waals surface area contributed by atoms with Gasteiger partial charge in [0, 0.05) is 12.6 Å². The Kier molecular flexibility index (Phi) is 3.52. The molecule has 0 bridgehead atoms. The molecule has 0 saturated carbocycles. The Morgan fingerprint density at radius 3 is 2.61 bits per heavy atom. The summed E-state index contributed by atoms with van der Waals surface area (Å²) in [6, 6.07) is 7.83. The third-order valence-electron chi connectivity index (χ3n) is 2.40. The molecule has 0 unspecified atom stereocenters. The summed E-state index contributed by atoms with van der Waals surface area (Å²) in [6.07, 6.45) is 2.65. The summed E-state index contributed by atoms with van der Waals surface area (Å²) in [6.45, 7) is 0.477. The summed E-state index contributed by atoms with van der Waals surface area (Å²) in [4.78, 5) is 14.4. The largest absolute Gasteiger partial charge is 0.478 e. The number of rotatable bonds is 4. The van der Waals surface area contributed by atoms with Gasteiger partial charge in [0.25, 0.3) is 0 Å². The fraction of sp³-hybridized carbons (Fsp3) is 0.0769. The van der Waals surface area contributed by atoms with Crippen molar-refractivity contribution in [2.75, 3.05) is 5.32 Å². The number of nitrogens with one attached hydrogen (secondary N) is 1. The van der Waals surface area contributed by atoms with Crippen LogP contribution in [0.4, 0.5) is 10.1 Å². The predicted molar refractivity (Wildman–Crippen MR) is 64.9 cm³/mol. The molecule has 0 radical (unpaired) electrons. The van der Waals surface area contributed by atoms with Gasteiger partial charge in [0.1, 0.15) is 5.82 Å². The fourth-order valence-corrected chi connectivity index (χ4v) is 1.48. The number of benzene rings is 1. The average molecular weight is 246 g/mol. The van der Waals surface area contributed by atoms with Gasteiger partial charge in [-0.25, -0.2) is 9.18 Å². The molecule has 4 nitrogen and oxygen atoms in total. The van der Waals surface area contributed by atoms with Gasteiger partial charge in [-0.2, -0.15) is 0 Å². The Morgan fingerprint density at radius 1 is 1.28 bits per heavy atom. The van der Waals surface area contributed by atoms with Crippen LogP contribution >= 0.6 is 0 Å². The van der Waals surface area contributed by atoms with E-state index < -0.39 is 11.8 Å². The van der Waals surface area contributed by atoms with Crippen LogP contribution in [0.15, 0.2) is 42.7 Å². The number of carboxylic acids is 1. The molecule has 0 aliphatic rings. The SMILES string of the molecule is O=C(O)c1ccc(CNc2cncc(F)c2)cc1. The lowest BCUT2D eigenvalue weighted by Gasteiger charge is -2.06. The molecule has 1 aromatic heterocycles. The van der Waals surface area contributed by atoms with Gasteiger partial charge in [-0.15, -0.1) is 0 Å². The quantitative estimate of drug-likeness (QED) is 0.870. The van der Waals surface area contributed by atoms with E-state index in [1.54, 1.807) is 12.1 Å². The van der Waals surface area contributed by atoms with Gasteiger partial charge >= 0.3 is 5.97 Å². The molecule has 0 spiro atoms. The molecule has 0 saturated heterocycles. The van der Waals surface area contributed by atoms with E-state index in [-0.39, 0.29) is 5.56 Å². The smallest absolute Gasteiger partial charge is 0.335 e. The van der Waals surface area contributed by atoms with Gasteiger partial charge in [-0.05, 0) is 17.7 Å². The summed E-state index contributed by atoms with van der Waals surface area (Å²) in [7, 11) is 0. The Morgan fingerprint density at radius 2 is 2.00 bits per heavy atom. The molecule has 5 heteroatoms. The number of carbonyl (C=O) groups is 1. The van der Waals surface area contributed by atoms with Crippen molar-refractivity contribution in [3.63, 3.8) is 0 Å². The molecule has 0 atom stereocenters. The van der Waals surface area contributed by atoms with Gasteiger partial charge in [-0.3, -0.25) is 4.98 Å². The van der Waals surface area contributed by atoms with Crippen LogP contribution in [0.1, 0.15) is 15.9 Å². The second kappa shape index (κ2) is 5.27. The average Bonchev–Trinajstić information content (AvgIpc) is 2.37. The highest BCUT2D eigenvalue weighted by Crippen LogP contribution is 2.10. The number of halogens is 1. The molecule has 92 valence electrons. The van der Waals surface area contributed by atoms with E-state index in [4.69, 9.17) is 5.11 Å². The summed E-state index contributed by atoms with van der Waals surface area (Å²) in [5.74, 6) is -1.36. The highest BCUT2D eigenvalue weighted by atomic mass is 19.1. The summed E-state index contributed by atoms with van der Waals surface area (Å²) in [5.41, 5.74) is 1.73. The Balaban J connectivity index is 2.00. The zero-order valence-electron chi connectivity index (χ0n) is 9.43. The van der Waals surface area contributed by atoms with Crippen molar-refractivity contribution < 1.29 is 14.3 Å². The second-order valence-corrected chi connectivity index (χ2v) is 3.75. The highest BCUT2D eigenvalue weighted by Gasteiger charge is 2.01. The third-order valence-corrected chi connectivity index (χ3v) is 2.40. The van der Waals surface area contributed by atoms with Crippen molar-refractivity contribution in [1.29, 1.82) is 0 Å². The third kappa shape index (κ3) is 3.04. The number of nitrogens with zero attached hydrogens (tertiary/aromatic N) is 1. The lowest BCUT2D eigenvalue weighted by Crippen LogP contribution is -2.01. The fourth-order valence-electron chi connectivity index (χ4n) is 1.48. The van der Waals surface area contributed by atoms with Crippen molar-refractivity contribution >= 4 is 11.7 Å². The molecule has 0 aliphatic carbocycles. The van der Waals surface area contributed by atoms with Gasteiger partial charge in [-0.1, -0.05) is 12.1 Å². The zero-order valence-corrected chi connectivity index (χ0v) is 9.43. The summed E-state index contributed by atoms with van der Waals surface area (Å²) >= 11 is 0. The maximum Gasteiger partial charge on any atom is 0.335 e. The topological polar surface area (TPSA) is 62.2 Å². The van der Waals surface area contributed by atoms with Crippen LogP contribution < -0.4 is 5.32 Å². The Hall–Kier alpha value is -2.43. The van der Waals surface area contributed by atoms with E-state index in [0.717, 1.165) is 11.8 Å². The van der Waals surface area contributed by atoms with Gasteiger partial charge in [0.05, 0.1) is 23.6 Å². The van der Waals surface area contributed by atoms with E-state index in [9.17, 15) is 9.18 Å². The number of anilines is 1. The molecule has 0 amide bonds. The number of carboxylic acid groups (broad SMARTS) is 1. The maximum atomic E-state index is 12.9. The van der Waals surface area contributed by atoms with Gasteiger partial charge in [0.2, 0.25) is 0 Å². The van der Waals surface area contributed by atoms with E-state index in [1.165, 1.54) is 24.4 Å². The molecule has 1 aromatic carbocycles. The van der Waals surface area contributed by atoms with Crippen LogP contribution in [0.3, 0.4) is 0 Å². The minimum Gasteiger partial charge on any atom is -0.478 e. The van der Waals surface area contributed by atoms with Crippen LogP contribution in [-0.4, -0.2) is 16.1 Å². The van der Waals surface area contributed by atoms with Crippen LogP contribution in [0.5, 0.6) is 0 Å². The molecule has 0 aliphatic heterocycles. The predicted octanol–water partition coefficient (Wildman–Crippen LogP) is 2.53. The van der Waals surface area contributed by atoms with E-state index in [0.29, 0.717) is 12.2 Å². The molecule has 2 aromatic rings. The van der Waals surface area contributed by atoms with Crippen LogP contribution in [0.25, 0.3) is 0 Å². The van der Waals surface area contributed by atoms with Gasteiger partial charge in [0.15, 0.2) is 0 Å². The zero-order chi connectivity index (χ0) is 13.0. The molecular weight excluding hydrogens is 235 g/mol. The first-order valence-corrected chi connectivity index (χ1v) is 5.32. The molecule has 0 fully saturated rings. The minimum absolute atomic E-state index is 0.242. The van der Waals surface area contributed by atoms with E-state index in [1.807, 2.05) is 0 Å². The number of aromatic carboxylic acids is 1. The molecule has 2 rings (SSSR count). The summed E-state index contributed by atoms with van der Waals surface area (Å²) in [5, 5.41) is 11.7. The number of hydrogen-bond acceptors (Lipinski definition) is 3. The Bertz CT molecular complexity index is 555. The van der Waals surface area contributed by atoms with Gasteiger partial charge < -0.3 is 10.4 Å². The lowest BCUT2D eigenvalue weighted by molar-refractivity contribution is 0.0697. The molecular formula is C13H11FN2O2. The number of aromatic nitrogens is 1. The summed E-state index contributed by atoms with van der Waals surface area (Å²) < 4.78 is 12.9. The second-order valence-electron chi connectivity index (χ2n) is 3.75. The first kappa shape index (κ1) is 12.0. The first-order chi connectivity index (χ1) is 8.65. The molecule has 2 N–H and O–H groups in total. The Labute approximate surface area is 103 Å². The number of hydrogen-bond donors (Lipinski definition) is 2.